The maximum Gasteiger partial charge on any atom is 0.251 e. The van der Waals surface area contributed by atoms with E-state index in [9.17, 15) is 4.79 Å². The zero-order chi connectivity index (χ0) is 13.7. The molecule has 1 aliphatic carbocycles. The SMILES string of the molecule is CC(OC1CCCCCC1)C(=O)N1CCC(N)CC1. The van der Waals surface area contributed by atoms with E-state index < -0.39 is 0 Å². The van der Waals surface area contributed by atoms with Gasteiger partial charge in [-0.05, 0) is 32.6 Å². The monoisotopic (exact) mass is 268 g/mol. The molecule has 1 heterocycles. The van der Waals surface area contributed by atoms with Gasteiger partial charge in [0, 0.05) is 19.1 Å². The lowest BCUT2D eigenvalue weighted by atomic mass is 10.1. The molecule has 0 aromatic rings. The maximum absolute atomic E-state index is 12.3. The molecule has 0 aromatic carbocycles. The minimum atomic E-state index is -0.294. The maximum atomic E-state index is 12.3. The Labute approximate surface area is 116 Å². The quantitative estimate of drug-likeness (QED) is 0.797. The topological polar surface area (TPSA) is 55.6 Å². The van der Waals surface area contributed by atoms with E-state index in [4.69, 9.17) is 10.5 Å². The Bertz CT molecular complexity index is 280. The first-order valence-electron chi connectivity index (χ1n) is 7.86. The number of rotatable bonds is 3. The summed E-state index contributed by atoms with van der Waals surface area (Å²) in [6.45, 7) is 3.48. The molecular formula is C15H28N2O2. The molecule has 1 amide bonds. The van der Waals surface area contributed by atoms with Crippen molar-refractivity contribution in [2.45, 2.75) is 76.5 Å². The van der Waals surface area contributed by atoms with Gasteiger partial charge in [-0.2, -0.15) is 0 Å². The molecular weight excluding hydrogens is 240 g/mol. The highest BCUT2D eigenvalue weighted by atomic mass is 16.5. The van der Waals surface area contributed by atoms with E-state index in [2.05, 4.69) is 0 Å². The summed E-state index contributed by atoms with van der Waals surface area (Å²) in [6.07, 6.45) is 9.16. The van der Waals surface area contributed by atoms with Crippen molar-refractivity contribution in [2.75, 3.05) is 13.1 Å². The van der Waals surface area contributed by atoms with Crippen molar-refractivity contribution in [3.05, 3.63) is 0 Å². The largest absolute Gasteiger partial charge is 0.365 e. The van der Waals surface area contributed by atoms with Crippen molar-refractivity contribution in [3.8, 4) is 0 Å². The van der Waals surface area contributed by atoms with Gasteiger partial charge in [0.1, 0.15) is 6.10 Å². The van der Waals surface area contributed by atoms with E-state index in [-0.39, 0.29) is 24.2 Å². The van der Waals surface area contributed by atoms with Crippen molar-refractivity contribution in [2.24, 2.45) is 5.73 Å². The van der Waals surface area contributed by atoms with Crippen LogP contribution in [-0.2, 0) is 9.53 Å². The fourth-order valence-electron chi connectivity index (χ4n) is 3.10. The Morgan fingerprint density at radius 3 is 2.26 bits per heavy atom. The average molecular weight is 268 g/mol. The van der Waals surface area contributed by atoms with Crippen LogP contribution in [-0.4, -0.2) is 42.1 Å². The Balaban J connectivity index is 1.78. The van der Waals surface area contributed by atoms with Crippen LogP contribution in [0.4, 0.5) is 0 Å². The highest BCUT2D eigenvalue weighted by Gasteiger charge is 2.27. The Kier molecular flexibility index (Phi) is 5.64. The molecule has 2 N–H and O–H groups in total. The van der Waals surface area contributed by atoms with Gasteiger partial charge in [-0.3, -0.25) is 4.79 Å². The number of hydrogen-bond donors (Lipinski definition) is 1. The predicted molar refractivity (Wildman–Crippen MR) is 75.8 cm³/mol. The van der Waals surface area contributed by atoms with Gasteiger partial charge in [0.25, 0.3) is 5.91 Å². The van der Waals surface area contributed by atoms with Gasteiger partial charge >= 0.3 is 0 Å². The van der Waals surface area contributed by atoms with Crippen LogP contribution >= 0.6 is 0 Å². The van der Waals surface area contributed by atoms with Gasteiger partial charge in [0.2, 0.25) is 0 Å². The Hall–Kier alpha value is -0.610. The van der Waals surface area contributed by atoms with E-state index in [1.54, 1.807) is 0 Å². The average Bonchev–Trinajstić information content (AvgIpc) is 2.67. The molecule has 0 spiro atoms. The van der Waals surface area contributed by atoms with Gasteiger partial charge < -0.3 is 15.4 Å². The van der Waals surface area contributed by atoms with E-state index in [0.29, 0.717) is 0 Å². The second-order valence-corrected chi connectivity index (χ2v) is 6.05. The number of piperidine rings is 1. The summed E-state index contributed by atoms with van der Waals surface area (Å²) in [7, 11) is 0. The third-order valence-corrected chi connectivity index (χ3v) is 4.40. The van der Waals surface area contributed by atoms with Crippen LogP contribution in [0.15, 0.2) is 0 Å². The van der Waals surface area contributed by atoms with Gasteiger partial charge in [-0.25, -0.2) is 0 Å². The van der Waals surface area contributed by atoms with Crippen molar-refractivity contribution in [3.63, 3.8) is 0 Å². The van der Waals surface area contributed by atoms with E-state index in [1.807, 2.05) is 11.8 Å². The molecule has 1 atom stereocenters. The van der Waals surface area contributed by atoms with E-state index in [0.717, 1.165) is 38.8 Å². The van der Waals surface area contributed by atoms with Crippen molar-refractivity contribution in [1.82, 2.24) is 4.90 Å². The lowest BCUT2D eigenvalue weighted by Gasteiger charge is -2.33. The van der Waals surface area contributed by atoms with Crippen LogP contribution < -0.4 is 5.73 Å². The van der Waals surface area contributed by atoms with Crippen LogP contribution in [0.1, 0.15) is 58.3 Å². The molecule has 4 heteroatoms. The first-order valence-corrected chi connectivity index (χ1v) is 7.86. The molecule has 4 nitrogen and oxygen atoms in total. The van der Waals surface area contributed by atoms with E-state index >= 15 is 0 Å². The molecule has 19 heavy (non-hydrogen) atoms. The molecule has 0 bridgehead atoms. The number of nitrogens with zero attached hydrogens (tertiary/aromatic N) is 1. The number of carbonyl (C=O) groups excluding carboxylic acids is 1. The van der Waals surface area contributed by atoms with Crippen LogP contribution in [0.2, 0.25) is 0 Å². The molecule has 1 saturated carbocycles. The Morgan fingerprint density at radius 2 is 1.68 bits per heavy atom. The molecule has 0 radical (unpaired) electrons. The summed E-state index contributed by atoms with van der Waals surface area (Å²) >= 11 is 0. The normalized spacial score (nSPS) is 25.1. The number of amides is 1. The first kappa shape index (κ1) is 14.8. The smallest absolute Gasteiger partial charge is 0.251 e. The van der Waals surface area contributed by atoms with Crippen molar-refractivity contribution >= 4 is 5.91 Å². The van der Waals surface area contributed by atoms with Crippen molar-refractivity contribution < 1.29 is 9.53 Å². The molecule has 2 aliphatic rings. The van der Waals surface area contributed by atoms with E-state index in [1.165, 1.54) is 25.7 Å². The molecule has 1 aliphatic heterocycles. The third kappa shape index (κ3) is 4.46. The number of carbonyl (C=O) groups is 1. The van der Waals surface area contributed by atoms with Crippen LogP contribution in [0.3, 0.4) is 0 Å². The number of nitrogens with two attached hydrogens (primary N) is 1. The third-order valence-electron chi connectivity index (χ3n) is 4.40. The summed E-state index contributed by atoms with van der Waals surface area (Å²) in [5, 5.41) is 0. The lowest BCUT2D eigenvalue weighted by Crippen LogP contribution is -2.47. The highest BCUT2D eigenvalue weighted by Crippen LogP contribution is 2.21. The summed E-state index contributed by atoms with van der Waals surface area (Å²) in [5.74, 6) is 0.149. The second kappa shape index (κ2) is 7.25. The molecule has 2 rings (SSSR count). The predicted octanol–water partition coefficient (Wildman–Crippen LogP) is 2.06. The molecule has 1 unspecified atom stereocenters. The van der Waals surface area contributed by atoms with Gasteiger partial charge in [-0.15, -0.1) is 0 Å². The summed E-state index contributed by atoms with van der Waals surface area (Å²) < 4.78 is 5.99. The fraction of sp³-hybridized carbons (Fsp3) is 0.933. The molecule has 2 fully saturated rings. The number of ether oxygens (including phenoxy) is 1. The van der Waals surface area contributed by atoms with Crippen LogP contribution in [0, 0.1) is 0 Å². The number of likely N-dealkylation sites (tertiary alicyclic amines) is 1. The Morgan fingerprint density at radius 1 is 1.11 bits per heavy atom. The highest BCUT2D eigenvalue weighted by molar-refractivity contribution is 5.80. The standard InChI is InChI=1S/C15H28N2O2/c1-12(19-14-6-4-2-3-5-7-14)15(18)17-10-8-13(16)9-11-17/h12-14H,2-11,16H2,1H3. The minimum absolute atomic E-state index is 0.149. The van der Waals surface area contributed by atoms with Gasteiger partial charge in [-0.1, -0.05) is 25.7 Å². The number of hydrogen-bond acceptors (Lipinski definition) is 3. The fourth-order valence-corrected chi connectivity index (χ4v) is 3.10. The van der Waals surface area contributed by atoms with Crippen LogP contribution in [0.25, 0.3) is 0 Å². The van der Waals surface area contributed by atoms with Gasteiger partial charge in [0.05, 0.1) is 6.10 Å². The zero-order valence-electron chi connectivity index (χ0n) is 12.1. The summed E-state index contributed by atoms with van der Waals surface area (Å²) in [4.78, 5) is 14.2. The second-order valence-electron chi connectivity index (χ2n) is 6.05. The molecule has 1 saturated heterocycles. The molecule has 110 valence electrons. The summed E-state index contributed by atoms with van der Waals surface area (Å²) in [6, 6.07) is 0.266. The summed E-state index contributed by atoms with van der Waals surface area (Å²) in [5.41, 5.74) is 5.87. The first-order chi connectivity index (χ1) is 9.16. The molecule has 0 aromatic heterocycles. The van der Waals surface area contributed by atoms with Gasteiger partial charge in [0.15, 0.2) is 0 Å². The van der Waals surface area contributed by atoms with Crippen molar-refractivity contribution in [1.29, 1.82) is 0 Å². The minimum Gasteiger partial charge on any atom is -0.365 e. The van der Waals surface area contributed by atoms with Crippen LogP contribution in [0.5, 0.6) is 0 Å². The zero-order valence-corrected chi connectivity index (χ0v) is 12.1. The lowest BCUT2D eigenvalue weighted by molar-refractivity contribution is -0.147.